The highest BCUT2D eigenvalue weighted by molar-refractivity contribution is 5.82. The van der Waals surface area contributed by atoms with E-state index in [1.54, 1.807) is 13.3 Å². The van der Waals surface area contributed by atoms with Crippen molar-refractivity contribution < 1.29 is 4.74 Å². The Kier molecular flexibility index (Phi) is 4.68. The monoisotopic (exact) mass is 316 g/mol. The minimum absolute atomic E-state index is 0.402. The van der Waals surface area contributed by atoms with Crippen molar-refractivity contribution in [3.63, 3.8) is 0 Å². The zero-order valence-electron chi connectivity index (χ0n) is 13.2. The van der Waals surface area contributed by atoms with Crippen molar-refractivity contribution in [1.29, 1.82) is 5.26 Å². The highest BCUT2D eigenvalue weighted by Crippen LogP contribution is 2.21. The number of rotatable bonds is 5. The van der Waals surface area contributed by atoms with Crippen molar-refractivity contribution in [2.45, 2.75) is 6.42 Å². The topological polar surface area (TPSA) is 74.1 Å². The summed E-state index contributed by atoms with van der Waals surface area (Å²) >= 11 is 0. The SMILES string of the molecule is COc1ccc(C=Nc2n[nH]c(Cc3ccccc3)c2C#N)cc1. The molecule has 0 unspecified atom stereocenters. The van der Waals surface area contributed by atoms with Crippen LogP contribution in [0.1, 0.15) is 22.4 Å². The van der Waals surface area contributed by atoms with Crippen LogP contribution in [-0.2, 0) is 6.42 Å². The number of nitriles is 1. The number of nitrogens with one attached hydrogen (secondary N) is 1. The number of hydrogen-bond acceptors (Lipinski definition) is 4. The van der Waals surface area contributed by atoms with Gasteiger partial charge < -0.3 is 4.74 Å². The van der Waals surface area contributed by atoms with Crippen LogP contribution in [0.3, 0.4) is 0 Å². The molecule has 3 aromatic rings. The zero-order chi connectivity index (χ0) is 16.8. The molecule has 0 aliphatic carbocycles. The van der Waals surface area contributed by atoms with E-state index < -0.39 is 0 Å². The molecule has 5 heteroatoms. The Morgan fingerprint density at radius 1 is 1.17 bits per heavy atom. The maximum Gasteiger partial charge on any atom is 0.191 e. The Labute approximate surface area is 140 Å². The predicted molar refractivity (Wildman–Crippen MR) is 92.8 cm³/mol. The van der Waals surface area contributed by atoms with Gasteiger partial charge in [-0.25, -0.2) is 4.99 Å². The van der Waals surface area contributed by atoms with E-state index in [0.717, 1.165) is 22.6 Å². The normalized spacial score (nSPS) is 10.7. The van der Waals surface area contributed by atoms with E-state index in [2.05, 4.69) is 21.3 Å². The molecule has 0 bridgehead atoms. The third-order valence-corrected chi connectivity index (χ3v) is 3.61. The molecule has 24 heavy (non-hydrogen) atoms. The third-order valence-electron chi connectivity index (χ3n) is 3.61. The first-order chi connectivity index (χ1) is 11.8. The van der Waals surface area contributed by atoms with Crippen LogP contribution in [0.25, 0.3) is 0 Å². The Balaban J connectivity index is 1.81. The molecule has 1 aromatic heterocycles. The molecule has 0 fully saturated rings. The van der Waals surface area contributed by atoms with Gasteiger partial charge in [-0.1, -0.05) is 30.3 Å². The highest BCUT2D eigenvalue weighted by Gasteiger charge is 2.12. The largest absolute Gasteiger partial charge is 0.497 e. The van der Waals surface area contributed by atoms with Crippen LogP contribution >= 0.6 is 0 Å². The van der Waals surface area contributed by atoms with Crippen LogP contribution in [0.4, 0.5) is 5.82 Å². The number of ether oxygens (including phenoxy) is 1. The number of nitrogens with zero attached hydrogens (tertiary/aromatic N) is 3. The summed E-state index contributed by atoms with van der Waals surface area (Å²) < 4.78 is 5.12. The van der Waals surface area contributed by atoms with E-state index >= 15 is 0 Å². The number of aliphatic imine (C=N–C) groups is 1. The summed E-state index contributed by atoms with van der Waals surface area (Å²) in [4.78, 5) is 4.33. The second-order valence-electron chi connectivity index (χ2n) is 5.21. The van der Waals surface area contributed by atoms with Gasteiger partial charge in [0.1, 0.15) is 17.4 Å². The van der Waals surface area contributed by atoms with Gasteiger partial charge >= 0.3 is 0 Å². The average Bonchev–Trinajstić information content (AvgIpc) is 3.02. The summed E-state index contributed by atoms with van der Waals surface area (Å²) in [7, 11) is 1.63. The molecule has 5 nitrogen and oxygen atoms in total. The van der Waals surface area contributed by atoms with Crippen molar-refractivity contribution in [3.8, 4) is 11.8 Å². The van der Waals surface area contributed by atoms with Crippen molar-refractivity contribution >= 4 is 12.0 Å². The lowest BCUT2D eigenvalue weighted by molar-refractivity contribution is 0.415. The predicted octanol–water partition coefficient (Wildman–Crippen LogP) is 3.63. The van der Waals surface area contributed by atoms with Gasteiger partial charge in [0.25, 0.3) is 0 Å². The number of benzene rings is 2. The first kappa shape index (κ1) is 15.5. The number of aromatic nitrogens is 2. The van der Waals surface area contributed by atoms with Gasteiger partial charge in [-0.2, -0.15) is 10.4 Å². The maximum absolute atomic E-state index is 9.43. The van der Waals surface area contributed by atoms with Crippen LogP contribution in [0.2, 0.25) is 0 Å². The van der Waals surface area contributed by atoms with Gasteiger partial charge in [0.2, 0.25) is 0 Å². The van der Waals surface area contributed by atoms with Crippen molar-refractivity contribution in [2.75, 3.05) is 7.11 Å². The van der Waals surface area contributed by atoms with Gasteiger partial charge in [-0.05, 0) is 35.4 Å². The Bertz CT molecular complexity index is 874. The number of aromatic amines is 1. The molecule has 0 radical (unpaired) electrons. The van der Waals surface area contributed by atoms with E-state index in [9.17, 15) is 5.26 Å². The van der Waals surface area contributed by atoms with Crippen LogP contribution in [0.15, 0.2) is 59.6 Å². The van der Waals surface area contributed by atoms with Crippen molar-refractivity contribution in [2.24, 2.45) is 4.99 Å². The first-order valence-electron chi connectivity index (χ1n) is 7.49. The standard InChI is InChI=1S/C19H16N4O/c1-24-16-9-7-15(8-10-16)13-21-19-17(12-20)18(22-23-19)11-14-5-3-2-4-6-14/h2-10,13H,11H2,1H3,(H,22,23). The minimum Gasteiger partial charge on any atom is -0.497 e. The minimum atomic E-state index is 0.402. The van der Waals surface area contributed by atoms with E-state index in [0.29, 0.717) is 17.8 Å². The third kappa shape index (κ3) is 3.50. The van der Waals surface area contributed by atoms with Crippen molar-refractivity contribution in [3.05, 3.63) is 77.0 Å². The summed E-state index contributed by atoms with van der Waals surface area (Å²) in [6, 6.07) is 19.6. The number of H-pyrrole nitrogens is 1. The molecule has 0 atom stereocenters. The van der Waals surface area contributed by atoms with E-state index in [-0.39, 0.29) is 0 Å². The van der Waals surface area contributed by atoms with Gasteiger partial charge in [-0.15, -0.1) is 0 Å². The van der Waals surface area contributed by atoms with Crippen LogP contribution < -0.4 is 4.74 Å². The molecule has 0 aliphatic heterocycles. The zero-order valence-corrected chi connectivity index (χ0v) is 13.2. The molecule has 0 amide bonds. The number of hydrogen-bond donors (Lipinski definition) is 1. The molecule has 0 saturated carbocycles. The fraction of sp³-hybridized carbons (Fsp3) is 0.105. The molecular weight excluding hydrogens is 300 g/mol. The molecule has 118 valence electrons. The van der Waals surface area contributed by atoms with Crippen molar-refractivity contribution in [1.82, 2.24) is 10.2 Å². The van der Waals surface area contributed by atoms with Crippen LogP contribution in [0.5, 0.6) is 5.75 Å². The summed E-state index contributed by atoms with van der Waals surface area (Å²) in [6.07, 6.45) is 2.30. The van der Waals surface area contributed by atoms with E-state index in [4.69, 9.17) is 4.74 Å². The second-order valence-corrected chi connectivity index (χ2v) is 5.21. The molecule has 1 heterocycles. The second kappa shape index (κ2) is 7.25. The molecular formula is C19H16N4O. The highest BCUT2D eigenvalue weighted by atomic mass is 16.5. The van der Waals surface area contributed by atoms with E-state index in [1.807, 2.05) is 54.6 Å². The molecule has 0 saturated heterocycles. The molecule has 0 aliphatic rings. The van der Waals surface area contributed by atoms with E-state index in [1.165, 1.54) is 0 Å². The van der Waals surface area contributed by atoms with Gasteiger partial charge in [0.05, 0.1) is 12.8 Å². The summed E-state index contributed by atoms with van der Waals surface area (Å²) in [5, 5.41) is 16.5. The maximum atomic E-state index is 9.43. The van der Waals surface area contributed by atoms with Gasteiger partial charge in [0.15, 0.2) is 5.82 Å². The van der Waals surface area contributed by atoms with Gasteiger partial charge in [0, 0.05) is 12.6 Å². The summed E-state index contributed by atoms with van der Waals surface area (Å²) in [5.41, 5.74) is 3.27. The number of methoxy groups -OCH3 is 1. The molecule has 1 N–H and O–H groups in total. The molecule has 2 aromatic carbocycles. The average molecular weight is 316 g/mol. The Morgan fingerprint density at radius 3 is 2.58 bits per heavy atom. The smallest absolute Gasteiger partial charge is 0.191 e. The fourth-order valence-electron chi connectivity index (χ4n) is 2.33. The lowest BCUT2D eigenvalue weighted by atomic mass is 10.1. The van der Waals surface area contributed by atoms with Gasteiger partial charge in [-0.3, -0.25) is 5.10 Å². The fourth-order valence-corrected chi connectivity index (χ4v) is 2.33. The van der Waals surface area contributed by atoms with Crippen LogP contribution in [-0.4, -0.2) is 23.5 Å². The summed E-state index contributed by atoms with van der Waals surface area (Å²) in [5.74, 6) is 1.19. The quantitative estimate of drug-likeness (QED) is 0.730. The molecule has 3 rings (SSSR count). The Hall–Kier alpha value is -3.39. The molecule has 0 spiro atoms. The lowest BCUT2D eigenvalue weighted by Crippen LogP contribution is -1.91. The first-order valence-corrected chi connectivity index (χ1v) is 7.49. The summed E-state index contributed by atoms with van der Waals surface area (Å²) in [6.45, 7) is 0. The van der Waals surface area contributed by atoms with Crippen LogP contribution in [0, 0.1) is 11.3 Å². The lowest BCUT2D eigenvalue weighted by Gasteiger charge is -1.99. The Morgan fingerprint density at radius 2 is 1.92 bits per heavy atom.